The van der Waals surface area contributed by atoms with E-state index in [9.17, 15) is 4.79 Å². The van der Waals surface area contributed by atoms with Gasteiger partial charge in [0.15, 0.2) is 0 Å². The summed E-state index contributed by atoms with van der Waals surface area (Å²) in [6.45, 7) is 6.50. The molecule has 4 nitrogen and oxygen atoms in total. The van der Waals surface area contributed by atoms with E-state index in [4.69, 9.17) is 0 Å². The zero-order valence-electron chi connectivity index (χ0n) is 11.7. The lowest BCUT2D eigenvalue weighted by Gasteiger charge is -2.13. The van der Waals surface area contributed by atoms with Crippen LogP contribution in [0.3, 0.4) is 0 Å². The molecule has 1 rings (SSSR count). The van der Waals surface area contributed by atoms with Crippen molar-refractivity contribution < 1.29 is 4.79 Å². The summed E-state index contributed by atoms with van der Waals surface area (Å²) in [7, 11) is 3.47. The number of carbonyl (C=O) groups is 1. The predicted molar refractivity (Wildman–Crippen MR) is 74.7 cm³/mol. The van der Waals surface area contributed by atoms with Crippen molar-refractivity contribution in [3.05, 3.63) is 34.9 Å². The first-order valence-corrected chi connectivity index (χ1v) is 6.23. The highest BCUT2D eigenvalue weighted by Crippen LogP contribution is 2.12. The van der Waals surface area contributed by atoms with E-state index < -0.39 is 0 Å². The van der Waals surface area contributed by atoms with Crippen molar-refractivity contribution in [2.75, 3.05) is 27.2 Å². The van der Waals surface area contributed by atoms with Gasteiger partial charge in [-0.1, -0.05) is 18.2 Å². The first kappa shape index (κ1) is 14.5. The Morgan fingerprint density at radius 3 is 2.33 bits per heavy atom. The molecule has 18 heavy (non-hydrogen) atoms. The number of urea groups is 1. The molecule has 1 aromatic carbocycles. The van der Waals surface area contributed by atoms with Gasteiger partial charge < -0.3 is 15.5 Å². The summed E-state index contributed by atoms with van der Waals surface area (Å²) in [6.07, 6.45) is 0. The number of aryl methyl sites for hydroxylation is 2. The van der Waals surface area contributed by atoms with Crippen LogP contribution in [-0.4, -0.2) is 38.1 Å². The summed E-state index contributed by atoms with van der Waals surface area (Å²) in [5.41, 5.74) is 3.95. The third-order valence-electron chi connectivity index (χ3n) is 2.93. The maximum Gasteiger partial charge on any atom is 0.316 e. The molecule has 0 aliphatic carbocycles. The van der Waals surface area contributed by atoms with Crippen LogP contribution >= 0.6 is 0 Å². The first-order valence-electron chi connectivity index (χ1n) is 6.23. The molecule has 2 amide bonds. The third-order valence-corrected chi connectivity index (χ3v) is 2.93. The molecule has 0 aliphatic rings. The number of rotatable bonds is 5. The molecule has 0 atom stereocenters. The van der Waals surface area contributed by atoms with Gasteiger partial charge in [-0.3, -0.25) is 0 Å². The normalized spacial score (nSPS) is 10.2. The SMILES string of the molecule is Cc1cccc(C)c1CNCCNC(=O)N(C)C. The highest BCUT2D eigenvalue weighted by molar-refractivity contribution is 5.73. The minimum atomic E-state index is -0.0520. The van der Waals surface area contributed by atoms with Crippen molar-refractivity contribution in [2.45, 2.75) is 20.4 Å². The molecule has 100 valence electrons. The molecule has 1 aromatic rings. The van der Waals surface area contributed by atoms with E-state index in [-0.39, 0.29) is 6.03 Å². The van der Waals surface area contributed by atoms with Gasteiger partial charge >= 0.3 is 6.03 Å². The van der Waals surface area contributed by atoms with Crippen LogP contribution in [0.2, 0.25) is 0 Å². The average molecular weight is 249 g/mol. The second-order valence-corrected chi connectivity index (χ2v) is 4.67. The summed E-state index contributed by atoms with van der Waals surface area (Å²) in [5, 5.41) is 6.17. The largest absolute Gasteiger partial charge is 0.337 e. The number of carbonyl (C=O) groups excluding carboxylic acids is 1. The minimum Gasteiger partial charge on any atom is -0.337 e. The summed E-state index contributed by atoms with van der Waals surface area (Å²) in [5.74, 6) is 0. The van der Waals surface area contributed by atoms with Gasteiger partial charge in [-0.25, -0.2) is 4.79 Å². The van der Waals surface area contributed by atoms with Gasteiger partial charge in [-0.15, -0.1) is 0 Å². The molecule has 0 saturated heterocycles. The highest BCUT2D eigenvalue weighted by Gasteiger charge is 2.02. The monoisotopic (exact) mass is 249 g/mol. The van der Waals surface area contributed by atoms with Crippen LogP contribution < -0.4 is 10.6 Å². The van der Waals surface area contributed by atoms with Crippen molar-refractivity contribution in [1.29, 1.82) is 0 Å². The van der Waals surface area contributed by atoms with Crippen LogP contribution in [0, 0.1) is 13.8 Å². The van der Waals surface area contributed by atoms with Gasteiger partial charge in [-0.2, -0.15) is 0 Å². The Balaban J connectivity index is 2.28. The van der Waals surface area contributed by atoms with E-state index in [1.807, 2.05) is 0 Å². The van der Waals surface area contributed by atoms with Crippen molar-refractivity contribution in [3.63, 3.8) is 0 Å². The predicted octanol–water partition coefficient (Wildman–Crippen LogP) is 1.66. The third kappa shape index (κ3) is 4.37. The Morgan fingerprint density at radius 1 is 1.17 bits per heavy atom. The second-order valence-electron chi connectivity index (χ2n) is 4.67. The molecular formula is C14H23N3O. The van der Waals surface area contributed by atoms with Crippen molar-refractivity contribution in [3.8, 4) is 0 Å². The lowest BCUT2D eigenvalue weighted by Crippen LogP contribution is -2.38. The van der Waals surface area contributed by atoms with Crippen LogP contribution in [-0.2, 0) is 6.54 Å². The molecule has 0 spiro atoms. The molecule has 4 heteroatoms. The summed E-state index contributed by atoms with van der Waals surface area (Å²) < 4.78 is 0. The second kappa shape index (κ2) is 7.01. The van der Waals surface area contributed by atoms with Crippen LogP contribution in [0.4, 0.5) is 4.79 Å². The molecule has 0 aliphatic heterocycles. The Bertz CT molecular complexity index is 382. The van der Waals surface area contributed by atoms with Crippen LogP contribution in [0.25, 0.3) is 0 Å². The fraction of sp³-hybridized carbons (Fsp3) is 0.500. The number of benzene rings is 1. The first-order chi connectivity index (χ1) is 8.52. The van der Waals surface area contributed by atoms with Gasteiger partial charge in [0, 0.05) is 33.7 Å². The zero-order chi connectivity index (χ0) is 13.5. The molecule has 0 radical (unpaired) electrons. The zero-order valence-corrected chi connectivity index (χ0v) is 11.7. The standard InChI is InChI=1S/C14H23N3O/c1-11-6-5-7-12(2)13(11)10-15-8-9-16-14(18)17(3)4/h5-7,15H,8-10H2,1-4H3,(H,16,18). The molecule has 2 N–H and O–H groups in total. The van der Waals surface area contributed by atoms with E-state index in [1.54, 1.807) is 14.1 Å². The fourth-order valence-electron chi connectivity index (χ4n) is 1.76. The Labute approximate surface area is 109 Å². The van der Waals surface area contributed by atoms with Gasteiger partial charge in [0.1, 0.15) is 0 Å². The number of nitrogens with zero attached hydrogens (tertiary/aromatic N) is 1. The quantitative estimate of drug-likeness (QED) is 0.780. The molecule has 0 bridgehead atoms. The topological polar surface area (TPSA) is 44.4 Å². The summed E-state index contributed by atoms with van der Waals surface area (Å²) in [6, 6.07) is 6.27. The Kier molecular flexibility index (Phi) is 5.65. The van der Waals surface area contributed by atoms with Crippen LogP contribution in [0.15, 0.2) is 18.2 Å². The number of hydrogen-bond donors (Lipinski definition) is 2. The fourth-order valence-corrected chi connectivity index (χ4v) is 1.76. The van der Waals surface area contributed by atoms with E-state index in [0.29, 0.717) is 6.54 Å². The maximum atomic E-state index is 11.3. The summed E-state index contributed by atoms with van der Waals surface area (Å²) in [4.78, 5) is 12.8. The Hall–Kier alpha value is -1.55. The van der Waals surface area contributed by atoms with Gasteiger partial charge in [0.05, 0.1) is 0 Å². The van der Waals surface area contributed by atoms with Crippen LogP contribution in [0.1, 0.15) is 16.7 Å². The molecule has 0 aromatic heterocycles. The van der Waals surface area contributed by atoms with Crippen molar-refractivity contribution in [1.82, 2.24) is 15.5 Å². The van der Waals surface area contributed by atoms with Crippen molar-refractivity contribution >= 4 is 6.03 Å². The minimum absolute atomic E-state index is 0.0520. The number of hydrogen-bond acceptors (Lipinski definition) is 2. The molecule has 0 saturated carbocycles. The highest BCUT2D eigenvalue weighted by atomic mass is 16.2. The number of nitrogens with one attached hydrogen (secondary N) is 2. The molecule has 0 unspecified atom stereocenters. The lowest BCUT2D eigenvalue weighted by atomic mass is 10.0. The van der Waals surface area contributed by atoms with E-state index >= 15 is 0 Å². The van der Waals surface area contributed by atoms with Gasteiger partial charge in [0.25, 0.3) is 0 Å². The summed E-state index contributed by atoms with van der Waals surface area (Å²) >= 11 is 0. The lowest BCUT2D eigenvalue weighted by molar-refractivity contribution is 0.217. The maximum absolute atomic E-state index is 11.3. The number of amides is 2. The van der Waals surface area contributed by atoms with E-state index in [0.717, 1.165) is 13.1 Å². The van der Waals surface area contributed by atoms with Gasteiger partial charge in [0.2, 0.25) is 0 Å². The van der Waals surface area contributed by atoms with Crippen LogP contribution in [0.5, 0.6) is 0 Å². The van der Waals surface area contributed by atoms with E-state index in [2.05, 4.69) is 42.7 Å². The van der Waals surface area contributed by atoms with Crippen molar-refractivity contribution in [2.24, 2.45) is 0 Å². The Morgan fingerprint density at radius 2 is 1.78 bits per heavy atom. The van der Waals surface area contributed by atoms with Gasteiger partial charge in [-0.05, 0) is 30.5 Å². The average Bonchev–Trinajstić information content (AvgIpc) is 2.31. The van der Waals surface area contributed by atoms with E-state index in [1.165, 1.54) is 21.6 Å². The molecule has 0 fully saturated rings. The molecular weight excluding hydrogens is 226 g/mol. The smallest absolute Gasteiger partial charge is 0.316 e. The molecule has 0 heterocycles.